The van der Waals surface area contributed by atoms with Gasteiger partial charge < -0.3 is 15.2 Å². The molecule has 2 N–H and O–H groups in total. The molecule has 0 amide bonds. The van der Waals surface area contributed by atoms with Crippen LogP contribution in [-0.2, 0) is 11.3 Å². The van der Waals surface area contributed by atoms with Gasteiger partial charge in [-0.25, -0.2) is 9.50 Å². The Balaban J connectivity index is 1.38. The molecule has 132 valence electrons. The van der Waals surface area contributed by atoms with Crippen molar-refractivity contribution < 1.29 is 9.84 Å². The second-order valence-corrected chi connectivity index (χ2v) is 6.95. The van der Waals surface area contributed by atoms with Crippen molar-refractivity contribution in [3.05, 3.63) is 36.0 Å². The molecule has 0 bridgehead atoms. The number of rotatable bonds is 6. The molecule has 0 spiro atoms. The lowest BCUT2D eigenvalue weighted by Gasteiger charge is -2.26. The van der Waals surface area contributed by atoms with E-state index in [9.17, 15) is 0 Å². The highest BCUT2D eigenvalue weighted by Crippen LogP contribution is 2.24. The van der Waals surface area contributed by atoms with E-state index in [1.165, 1.54) is 0 Å². The number of morpholine rings is 1. The lowest BCUT2D eigenvalue weighted by molar-refractivity contribution is 0.0398. The second kappa shape index (κ2) is 7.49. The Morgan fingerprint density at radius 3 is 2.72 bits per heavy atom. The zero-order valence-corrected chi connectivity index (χ0v) is 14.7. The number of hydrogen-bond donors (Lipinski definition) is 2. The summed E-state index contributed by atoms with van der Waals surface area (Å²) in [5.74, 6) is 0. The highest BCUT2D eigenvalue weighted by Gasteiger charge is 2.12. The first-order valence-electron chi connectivity index (χ1n) is 8.42. The summed E-state index contributed by atoms with van der Waals surface area (Å²) in [6, 6.07) is 7.77. The van der Waals surface area contributed by atoms with Crippen molar-refractivity contribution in [3.8, 4) is 11.3 Å². The highest BCUT2D eigenvalue weighted by atomic mass is 32.1. The summed E-state index contributed by atoms with van der Waals surface area (Å²) in [6.07, 6.45) is 1.94. The van der Waals surface area contributed by atoms with Crippen molar-refractivity contribution in [2.24, 2.45) is 0 Å². The van der Waals surface area contributed by atoms with Gasteiger partial charge in [-0.3, -0.25) is 4.90 Å². The minimum Gasteiger partial charge on any atom is -0.392 e. The summed E-state index contributed by atoms with van der Waals surface area (Å²) in [6.45, 7) is 5.57. The van der Waals surface area contributed by atoms with E-state index in [0.717, 1.165) is 66.3 Å². The van der Waals surface area contributed by atoms with Crippen molar-refractivity contribution in [2.75, 3.05) is 44.7 Å². The Morgan fingerprint density at radius 1 is 1.20 bits per heavy atom. The van der Waals surface area contributed by atoms with Crippen molar-refractivity contribution in [1.29, 1.82) is 0 Å². The molecule has 0 atom stereocenters. The fraction of sp³-hybridized carbons (Fsp3) is 0.412. The third-order valence-corrected chi connectivity index (χ3v) is 5.16. The maximum atomic E-state index is 9.12. The van der Waals surface area contributed by atoms with Gasteiger partial charge in [0.2, 0.25) is 10.1 Å². The quantitative estimate of drug-likeness (QED) is 0.698. The number of anilines is 1. The molecule has 0 saturated carbocycles. The number of nitrogens with one attached hydrogen (secondary N) is 1. The summed E-state index contributed by atoms with van der Waals surface area (Å²) in [4.78, 5) is 7.91. The highest BCUT2D eigenvalue weighted by molar-refractivity contribution is 7.20. The van der Waals surface area contributed by atoms with E-state index < -0.39 is 0 Å². The van der Waals surface area contributed by atoms with Gasteiger partial charge in [0.05, 0.1) is 31.7 Å². The molecular formula is C17H21N5O2S. The predicted octanol–water partition coefficient (Wildman–Crippen LogP) is 1.69. The van der Waals surface area contributed by atoms with Crippen LogP contribution >= 0.6 is 11.3 Å². The molecule has 8 heteroatoms. The maximum Gasteiger partial charge on any atom is 0.214 e. The van der Waals surface area contributed by atoms with E-state index in [1.54, 1.807) is 11.3 Å². The molecule has 0 radical (unpaired) electrons. The number of aliphatic hydroxyl groups excluding tert-OH is 1. The maximum absolute atomic E-state index is 9.12. The summed E-state index contributed by atoms with van der Waals surface area (Å²) >= 11 is 1.55. The molecule has 4 rings (SSSR count). The number of nitrogens with zero attached hydrogens (tertiary/aromatic N) is 4. The normalized spacial score (nSPS) is 15.7. The van der Waals surface area contributed by atoms with Gasteiger partial charge in [-0.1, -0.05) is 35.6 Å². The van der Waals surface area contributed by atoms with Crippen LogP contribution in [0.1, 0.15) is 5.56 Å². The topological polar surface area (TPSA) is 74.9 Å². The van der Waals surface area contributed by atoms with Crippen LogP contribution in [0.25, 0.3) is 16.2 Å². The third kappa shape index (κ3) is 3.82. The standard InChI is InChI=1S/C17H21N5O2S/c23-12-13-1-3-14(4-2-13)15-11-22-17(19-15)25-16(20-22)18-5-6-21-7-9-24-10-8-21/h1-4,11,23H,5-10,12H2,(H,18,20). The van der Waals surface area contributed by atoms with Crippen LogP contribution in [0.15, 0.2) is 30.5 Å². The number of ether oxygens (including phenoxy) is 1. The van der Waals surface area contributed by atoms with Crippen LogP contribution in [0.4, 0.5) is 5.13 Å². The van der Waals surface area contributed by atoms with Crippen molar-refractivity contribution in [1.82, 2.24) is 19.5 Å². The fourth-order valence-corrected chi connectivity index (χ4v) is 3.64. The summed E-state index contributed by atoms with van der Waals surface area (Å²) in [7, 11) is 0. The predicted molar refractivity (Wildman–Crippen MR) is 98.0 cm³/mol. The van der Waals surface area contributed by atoms with Gasteiger partial charge in [0.25, 0.3) is 0 Å². The van der Waals surface area contributed by atoms with Gasteiger partial charge in [-0.05, 0) is 5.56 Å². The number of aromatic nitrogens is 3. The monoisotopic (exact) mass is 359 g/mol. The van der Waals surface area contributed by atoms with E-state index in [2.05, 4.69) is 20.3 Å². The summed E-state index contributed by atoms with van der Waals surface area (Å²) in [5, 5.41) is 17.9. The smallest absolute Gasteiger partial charge is 0.214 e. The molecule has 3 aromatic rings. The van der Waals surface area contributed by atoms with Crippen LogP contribution in [0, 0.1) is 0 Å². The molecule has 3 heterocycles. The van der Waals surface area contributed by atoms with Crippen LogP contribution in [0.2, 0.25) is 0 Å². The van der Waals surface area contributed by atoms with E-state index in [4.69, 9.17) is 9.84 Å². The van der Waals surface area contributed by atoms with E-state index in [0.29, 0.717) is 0 Å². The Kier molecular flexibility index (Phi) is 4.93. The minimum absolute atomic E-state index is 0.0552. The van der Waals surface area contributed by atoms with Crippen molar-refractivity contribution in [3.63, 3.8) is 0 Å². The molecule has 1 aliphatic heterocycles. The first kappa shape index (κ1) is 16.5. The molecule has 1 fully saturated rings. The van der Waals surface area contributed by atoms with Crippen LogP contribution in [0.3, 0.4) is 0 Å². The van der Waals surface area contributed by atoms with Crippen LogP contribution in [-0.4, -0.2) is 64.0 Å². The Bertz CT molecular complexity index is 792. The SMILES string of the molecule is OCc1ccc(-c2cn3nc(NCCN4CCOCC4)sc3n2)cc1. The van der Waals surface area contributed by atoms with Crippen LogP contribution in [0.5, 0.6) is 0 Å². The molecule has 2 aromatic heterocycles. The fourth-order valence-electron chi connectivity index (χ4n) is 2.84. The lowest BCUT2D eigenvalue weighted by atomic mass is 10.1. The Labute approximate surface area is 149 Å². The number of aliphatic hydroxyl groups is 1. The summed E-state index contributed by atoms with van der Waals surface area (Å²) < 4.78 is 7.17. The third-order valence-electron chi connectivity index (χ3n) is 4.28. The molecular weight excluding hydrogens is 338 g/mol. The molecule has 7 nitrogen and oxygen atoms in total. The van der Waals surface area contributed by atoms with Gasteiger partial charge in [0.15, 0.2) is 0 Å². The molecule has 0 aliphatic carbocycles. The number of fused-ring (bicyclic) bond motifs is 1. The Hall–Kier alpha value is -2.00. The molecule has 0 unspecified atom stereocenters. The van der Waals surface area contributed by atoms with Crippen LogP contribution < -0.4 is 5.32 Å². The summed E-state index contributed by atoms with van der Waals surface area (Å²) in [5.41, 5.74) is 2.81. The first-order valence-corrected chi connectivity index (χ1v) is 9.24. The zero-order valence-electron chi connectivity index (χ0n) is 13.9. The second-order valence-electron chi connectivity index (χ2n) is 6.00. The molecule has 25 heavy (non-hydrogen) atoms. The average Bonchev–Trinajstić information content (AvgIpc) is 3.21. The minimum atomic E-state index is 0.0552. The molecule has 1 aliphatic rings. The van der Waals surface area contributed by atoms with Gasteiger partial charge in [-0.15, -0.1) is 5.10 Å². The Morgan fingerprint density at radius 2 is 2.00 bits per heavy atom. The van der Waals surface area contributed by atoms with Crippen molar-refractivity contribution >= 4 is 21.4 Å². The largest absolute Gasteiger partial charge is 0.392 e. The first-order chi connectivity index (χ1) is 12.3. The van der Waals surface area contributed by atoms with Gasteiger partial charge in [0, 0.05) is 31.7 Å². The van der Waals surface area contributed by atoms with E-state index in [-0.39, 0.29) is 6.61 Å². The number of hydrogen-bond acceptors (Lipinski definition) is 7. The van der Waals surface area contributed by atoms with Gasteiger partial charge in [-0.2, -0.15) is 0 Å². The van der Waals surface area contributed by atoms with E-state index in [1.807, 2.05) is 35.0 Å². The van der Waals surface area contributed by atoms with Gasteiger partial charge in [0.1, 0.15) is 0 Å². The van der Waals surface area contributed by atoms with Crippen molar-refractivity contribution in [2.45, 2.75) is 6.61 Å². The number of benzene rings is 1. The average molecular weight is 359 g/mol. The van der Waals surface area contributed by atoms with E-state index >= 15 is 0 Å². The lowest BCUT2D eigenvalue weighted by Crippen LogP contribution is -2.39. The molecule has 1 aromatic carbocycles. The zero-order chi connectivity index (χ0) is 17.1. The van der Waals surface area contributed by atoms with Gasteiger partial charge >= 0.3 is 0 Å². The number of imidazole rings is 1. The molecule has 1 saturated heterocycles.